The molecule has 2 aromatic carbocycles. The predicted octanol–water partition coefficient (Wildman–Crippen LogP) is 5.03. The number of rotatable bonds is 4. The second-order valence-electron chi connectivity index (χ2n) is 6.21. The molecule has 2 heterocycles. The number of nitrogens with one attached hydrogen (secondary N) is 2. The summed E-state index contributed by atoms with van der Waals surface area (Å²) >= 11 is 6.10. The van der Waals surface area contributed by atoms with E-state index < -0.39 is 0 Å². The molecule has 2 aromatic heterocycles. The standard InChI is InChI=1S/C20H18ClN5/c1-12(14-3-2-4-15(21)9-14)25-19-17-10-18(26-20(17)24-11-23-19)13-5-7-16(22)8-6-13/h2-12H,22H2,1H3,(H2,23,24,25,26)/t12-/m1/s1. The normalized spacial score (nSPS) is 12.2. The van der Waals surface area contributed by atoms with Gasteiger partial charge < -0.3 is 16.0 Å². The third kappa shape index (κ3) is 3.21. The molecule has 0 radical (unpaired) electrons. The molecule has 0 saturated heterocycles. The summed E-state index contributed by atoms with van der Waals surface area (Å²) in [5.41, 5.74) is 10.4. The smallest absolute Gasteiger partial charge is 0.143 e. The first kappa shape index (κ1) is 16.4. The van der Waals surface area contributed by atoms with Crippen molar-refractivity contribution < 1.29 is 0 Å². The lowest BCUT2D eigenvalue weighted by atomic mass is 10.1. The van der Waals surface area contributed by atoms with Crippen LogP contribution in [0.15, 0.2) is 60.9 Å². The number of hydrogen-bond donors (Lipinski definition) is 3. The molecule has 4 N–H and O–H groups in total. The number of hydrogen-bond acceptors (Lipinski definition) is 4. The Kier molecular flexibility index (Phi) is 4.22. The van der Waals surface area contributed by atoms with Crippen molar-refractivity contribution in [3.8, 4) is 11.3 Å². The van der Waals surface area contributed by atoms with E-state index in [9.17, 15) is 0 Å². The maximum Gasteiger partial charge on any atom is 0.143 e. The van der Waals surface area contributed by atoms with Crippen molar-refractivity contribution in [2.24, 2.45) is 0 Å². The first-order valence-electron chi connectivity index (χ1n) is 8.32. The van der Waals surface area contributed by atoms with E-state index in [2.05, 4.69) is 27.2 Å². The van der Waals surface area contributed by atoms with Crippen molar-refractivity contribution in [3.63, 3.8) is 0 Å². The van der Waals surface area contributed by atoms with E-state index in [1.54, 1.807) is 6.33 Å². The number of nitrogens with two attached hydrogens (primary N) is 1. The van der Waals surface area contributed by atoms with Gasteiger partial charge in [0.25, 0.3) is 0 Å². The average molecular weight is 364 g/mol. The molecular weight excluding hydrogens is 346 g/mol. The lowest BCUT2D eigenvalue weighted by Gasteiger charge is -2.15. The Morgan fingerprint density at radius 2 is 1.88 bits per heavy atom. The Bertz CT molecular complexity index is 1060. The van der Waals surface area contributed by atoms with Crippen molar-refractivity contribution >= 4 is 34.1 Å². The summed E-state index contributed by atoms with van der Waals surface area (Å²) in [5, 5.41) is 5.11. The molecule has 0 aliphatic heterocycles. The Morgan fingerprint density at radius 3 is 2.65 bits per heavy atom. The fourth-order valence-corrected chi connectivity index (χ4v) is 3.14. The summed E-state index contributed by atoms with van der Waals surface area (Å²) in [6.45, 7) is 2.08. The van der Waals surface area contributed by atoms with Gasteiger partial charge in [-0.15, -0.1) is 0 Å². The van der Waals surface area contributed by atoms with Gasteiger partial charge >= 0.3 is 0 Å². The molecule has 0 spiro atoms. The number of aromatic nitrogens is 3. The van der Waals surface area contributed by atoms with Gasteiger partial charge in [0.05, 0.1) is 11.4 Å². The van der Waals surface area contributed by atoms with Crippen LogP contribution in [0.3, 0.4) is 0 Å². The van der Waals surface area contributed by atoms with Gasteiger partial charge in [-0.1, -0.05) is 35.9 Å². The largest absolute Gasteiger partial charge is 0.399 e. The quantitative estimate of drug-likeness (QED) is 0.444. The zero-order chi connectivity index (χ0) is 18.1. The van der Waals surface area contributed by atoms with Crippen molar-refractivity contribution in [1.82, 2.24) is 15.0 Å². The van der Waals surface area contributed by atoms with Gasteiger partial charge in [-0.25, -0.2) is 9.97 Å². The zero-order valence-electron chi connectivity index (χ0n) is 14.2. The molecule has 4 aromatic rings. The number of nitrogen functional groups attached to an aromatic ring is 1. The first-order chi connectivity index (χ1) is 12.6. The number of benzene rings is 2. The fourth-order valence-electron chi connectivity index (χ4n) is 2.94. The molecule has 0 aliphatic rings. The molecule has 0 bridgehead atoms. The van der Waals surface area contributed by atoms with Gasteiger partial charge in [-0.3, -0.25) is 0 Å². The van der Waals surface area contributed by atoms with Crippen LogP contribution >= 0.6 is 11.6 Å². The van der Waals surface area contributed by atoms with Crippen LogP contribution in [0.25, 0.3) is 22.3 Å². The highest BCUT2D eigenvalue weighted by molar-refractivity contribution is 6.30. The highest BCUT2D eigenvalue weighted by Crippen LogP contribution is 2.29. The highest BCUT2D eigenvalue weighted by atomic mass is 35.5. The third-order valence-electron chi connectivity index (χ3n) is 4.35. The van der Waals surface area contributed by atoms with E-state index in [-0.39, 0.29) is 6.04 Å². The number of aromatic amines is 1. The summed E-state index contributed by atoms with van der Waals surface area (Å²) < 4.78 is 0. The molecule has 130 valence electrons. The molecule has 0 aliphatic carbocycles. The average Bonchev–Trinajstić information content (AvgIpc) is 3.07. The molecule has 26 heavy (non-hydrogen) atoms. The second-order valence-corrected chi connectivity index (χ2v) is 6.65. The molecule has 6 heteroatoms. The Labute approximate surface area is 156 Å². The molecule has 4 rings (SSSR count). The zero-order valence-corrected chi connectivity index (χ0v) is 15.0. The first-order valence-corrected chi connectivity index (χ1v) is 8.69. The lowest BCUT2D eigenvalue weighted by molar-refractivity contribution is 0.876. The summed E-state index contributed by atoms with van der Waals surface area (Å²) in [7, 11) is 0. The van der Waals surface area contributed by atoms with Gasteiger partial charge in [-0.2, -0.15) is 0 Å². The van der Waals surface area contributed by atoms with Crippen LogP contribution in [0, 0.1) is 0 Å². The fraction of sp³-hybridized carbons (Fsp3) is 0.100. The predicted molar refractivity (Wildman–Crippen MR) is 107 cm³/mol. The minimum absolute atomic E-state index is 0.0571. The molecular formula is C20H18ClN5. The highest BCUT2D eigenvalue weighted by Gasteiger charge is 2.12. The van der Waals surface area contributed by atoms with E-state index in [0.717, 1.165) is 44.4 Å². The van der Waals surface area contributed by atoms with Gasteiger partial charge in [0.2, 0.25) is 0 Å². The van der Waals surface area contributed by atoms with Crippen LogP contribution in [-0.2, 0) is 0 Å². The summed E-state index contributed by atoms with van der Waals surface area (Å²) in [5.74, 6) is 0.778. The molecule has 0 fully saturated rings. The van der Waals surface area contributed by atoms with Crippen LogP contribution in [0.1, 0.15) is 18.5 Å². The van der Waals surface area contributed by atoms with E-state index in [1.807, 2.05) is 54.6 Å². The SMILES string of the molecule is C[C@@H](Nc1ncnc2[nH]c(-c3ccc(N)cc3)cc12)c1cccc(Cl)c1. The second kappa shape index (κ2) is 6.69. The van der Waals surface area contributed by atoms with Gasteiger partial charge in [-0.05, 0) is 48.4 Å². The van der Waals surface area contributed by atoms with Gasteiger partial charge in [0.15, 0.2) is 0 Å². The van der Waals surface area contributed by atoms with Crippen LogP contribution in [-0.4, -0.2) is 15.0 Å². The van der Waals surface area contributed by atoms with Crippen LogP contribution in [0.2, 0.25) is 5.02 Å². The molecule has 1 atom stereocenters. The molecule has 0 amide bonds. The number of fused-ring (bicyclic) bond motifs is 1. The number of nitrogens with zero attached hydrogens (tertiary/aromatic N) is 2. The number of halogens is 1. The van der Waals surface area contributed by atoms with E-state index in [4.69, 9.17) is 17.3 Å². The van der Waals surface area contributed by atoms with Gasteiger partial charge in [0, 0.05) is 16.4 Å². The van der Waals surface area contributed by atoms with Crippen LogP contribution in [0.5, 0.6) is 0 Å². The van der Waals surface area contributed by atoms with Gasteiger partial charge in [0.1, 0.15) is 17.8 Å². The summed E-state index contributed by atoms with van der Waals surface area (Å²) in [6, 6.07) is 17.6. The van der Waals surface area contributed by atoms with Crippen LogP contribution in [0.4, 0.5) is 11.5 Å². The molecule has 5 nitrogen and oxygen atoms in total. The Morgan fingerprint density at radius 1 is 1.08 bits per heavy atom. The summed E-state index contributed by atoms with van der Waals surface area (Å²) in [6.07, 6.45) is 1.55. The maximum absolute atomic E-state index is 6.10. The number of anilines is 2. The minimum Gasteiger partial charge on any atom is -0.399 e. The topological polar surface area (TPSA) is 79.6 Å². The monoisotopic (exact) mass is 363 g/mol. The summed E-state index contributed by atoms with van der Waals surface area (Å²) in [4.78, 5) is 12.1. The minimum atomic E-state index is 0.0571. The maximum atomic E-state index is 6.10. The number of H-pyrrole nitrogens is 1. The van der Waals surface area contributed by atoms with E-state index in [1.165, 1.54) is 0 Å². The Balaban J connectivity index is 1.68. The van der Waals surface area contributed by atoms with Crippen molar-refractivity contribution in [2.75, 3.05) is 11.1 Å². The lowest BCUT2D eigenvalue weighted by Crippen LogP contribution is -2.08. The van der Waals surface area contributed by atoms with Crippen molar-refractivity contribution in [2.45, 2.75) is 13.0 Å². The van der Waals surface area contributed by atoms with Crippen molar-refractivity contribution in [1.29, 1.82) is 0 Å². The van der Waals surface area contributed by atoms with Crippen molar-refractivity contribution in [3.05, 3.63) is 71.5 Å². The molecule has 0 saturated carbocycles. The Hall–Kier alpha value is -3.05. The van der Waals surface area contributed by atoms with E-state index >= 15 is 0 Å². The molecule has 0 unspecified atom stereocenters. The van der Waals surface area contributed by atoms with Crippen LogP contribution < -0.4 is 11.1 Å². The van der Waals surface area contributed by atoms with E-state index in [0.29, 0.717) is 0 Å². The third-order valence-corrected chi connectivity index (χ3v) is 4.58.